The largest absolute Gasteiger partial charge is 0.489 e. The summed E-state index contributed by atoms with van der Waals surface area (Å²) in [4.78, 5) is 18.1. The lowest BCUT2D eigenvalue weighted by Gasteiger charge is -2.12. The molecule has 2 aromatic carbocycles. The molecule has 0 unspecified atom stereocenters. The van der Waals surface area contributed by atoms with Gasteiger partial charge in [0, 0.05) is 27.7 Å². The lowest BCUT2D eigenvalue weighted by molar-refractivity contribution is 0.101. The molecule has 3 rings (SSSR count). The van der Waals surface area contributed by atoms with Gasteiger partial charge in [0.15, 0.2) is 5.78 Å². The van der Waals surface area contributed by atoms with Crippen LogP contribution in [0, 0.1) is 6.92 Å². The summed E-state index contributed by atoms with van der Waals surface area (Å²) in [5, 5.41) is 0. The van der Waals surface area contributed by atoms with Gasteiger partial charge in [-0.2, -0.15) is 0 Å². The number of Topliss-reactive ketones (excluding diaryl/α,β-unsaturated/α-hetero) is 1. The smallest absolute Gasteiger partial charge is 0.159 e. The maximum absolute atomic E-state index is 11.5. The molecule has 0 amide bonds. The van der Waals surface area contributed by atoms with E-state index in [1.165, 1.54) is 4.90 Å². The second-order valence-electron chi connectivity index (χ2n) is 6.46. The number of hydrogen-bond donors (Lipinski definition) is 0. The quantitative estimate of drug-likeness (QED) is 0.482. The number of carbonyl (C=O) groups excluding carboxylic acids is 1. The first-order chi connectivity index (χ1) is 13.0. The SMILES string of the molecule is CCc1cc(C(C)=O)ccc1OCc1ccc(Sc2cncc(C)c2)cc1. The van der Waals surface area contributed by atoms with Gasteiger partial charge in [0.2, 0.25) is 0 Å². The molecule has 27 heavy (non-hydrogen) atoms. The topological polar surface area (TPSA) is 39.2 Å². The van der Waals surface area contributed by atoms with Crippen LogP contribution in [0.3, 0.4) is 0 Å². The molecule has 0 saturated carbocycles. The minimum Gasteiger partial charge on any atom is -0.489 e. The molecule has 0 fully saturated rings. The Hall–Kier alpha value is -2.59. The number of ketones is 1. The molecule has 138 valence electrons. The molecule has 0 N–H and O–H groups in total. The second-order valence-corrected chi connectivity index (χ2v) is 7.61. The van der Waals surface area contributed by atoms with Crippen LogP contribution >= 0.6 is 11.8 Å². The molecule has 0 saturated heterocycles. The molecular formula is C23H23NO2S. The average molecular weight is 378 g/mol. The standard InChI is InChI=1S/C23H23NO2S/c1-4-19-12-20(17(3)25)7-10-23(19)26-15-18-5-8-21(9-6-18)27-22-11-16(2)13-24-14-22/h5-14H,4,15H2,1-3H3. The van der Waals surface area contributed by atoms with Gasteiger partial charge in [-0.25, -0.2) is 0 Å². The molecule has 1 heterocycles. The zero-order valence-electron chi connectivity index (χ0n) is 15.9. The predicted molar refractivity (Wildman–Crippen MR) is 110 cm³/mol. The van der Waals surface area contributed by atoms with Crippen molar-refractivity contribution in [3.05, 3.63) is 83.2 Å². The lowest BCUT2D eigenvalue weighted by atomic mass is 10.1. The molecule has 0 radical (unpaired) electrons. The van der Waals surface area contributed by atoms with Gasteiger partial charge in [0.05, 0.1) is 0 Å². The highest BCUT2D eigenvalue weighted by Gasteiger charge is 2.07. The van der Waals surface area contributed by atoms with Crippen molar-refractivity contribution in [2.75, 3.05) is 0 Å². The average Bonchev–Trinajstić information content (AvgIpc) is 2.67. The van der Waals surface area contributed by atoms with E-state index in [1.807, 2.05) is 37.5 Å². The number of hydrogen-bond acceptors (Lipinski definition) is 4. The van der Waals surface area contributed by atoms with E-state index in [0.717, 1.165) is 39.3 Å². The van der Waals surface area contributed by atoms with Crippen molar-refractivity contribution in [1.82, 2.24) is 4.98 Å². The number of aryl methyl sites for hydroxylation is 2. The Kier molecular flexibility index (Phi) is 6.30. The van der Waals surface area contributed by atoms with E-state index in [0.29, 0.717) is 6.61 Å². The molecule has 0 bridgehead atoms. The van der Waals surface area contributed by atoms with E-state index < -0.39 is 0 Å². The van der Waals surface area contributed by atoms with E-state index in [2.05, 4.69) is 42.2 Å². The summed E-state index contributed by atoms with van der Waals surface area (Å²) >= 11 is 1.70. The van der Waals surface area contributed by atoms with Gasteiger partial charge in [-0.05, 0) is 73.4 Å². The van der Waals surface area contributed by atoms with Crippen molar-refractivity contribution in [2.45, 2.75) is 43.6 Å². The summed E-state index contributed by atoms with van der Waals surface area (Å²) in [5.41, 5.74) is 4.06. The Bertz CT molecular complexity index is 935. The fourth-order valence-corrected chi connectivity index (χ4v) is 3.65. The number of ether oxygens (including phenoxy) is 1. The fourth-order valence-electron chi connectivity index (χ4n) is 2.75. The maximum atomic E-state index is 11.5. The molecule has 3 aromatic rings. The van der Waals surface area contributed by atoms with Crippen molar-refractivity contribution in [2.24, 2.45) is 0 Å². The highest BCUT2D eigenvalue weighted by molar-refractivity contribution is 7.99. The van der Waals surface area contributed by atoms with Gasteiger partial charge in [-0.15, -0.1) is 0 Å². The number of carbonyl (C=O) groups is 1. The van der Waals surface area contributed by atoms with Crippen molar-refractivity contribution in [3.8, 4) is 5.75 Å². The van der Waals surface area contributed by atoms with Crippen LogP contribution < -0.4 is 4.74 Å². The Morgan fingerprint density at radius 1 is 1.04 bits per heavy atom. The maximum Gasteiger partial charge on any atom is 0.159 e. The highest BCUT2D eigenvalue weighted by Crippen LogP contribution is 2.28. The van der Waals surface area contributed by atoms with Gasteiger partial charge in [-0.1, -0.05) is 30.8 Å². The third-order valence-corrected chi connectivity index (χ3v) is 5.22. The van der Waals surface area contributed by atoms with Crippen LogP contribution in [-0.2, 0) is 13.0 Å². The highest BCUT2D eigenvalue weighted by atomic mass is 32.2. The Morgan fingerprint density at radius 3 is 2.48 bits per heavy atom. The normalized spacial score (nSPS) is 10.6. The Morgan fingerprint density at radius 2 is 1.81 bits per heavy atom. The minimum absolute atomic E-state index is 0.0770. The van der Waals surface area contributed by atoms with Crippen LogP contribution in [-0.4, -0.2) is 10.8 Å². The van der Waals surface area contributed by atoms with Crippen LogP contribution in [0.15, 0.2) is 70.7 Å². The van der Waals surface area contributed by atoms with Gasteiger partial charge in [-0.3, -0.25) is 9.78 Å². The number of rotatable bonds is 7. The predicted octanol–water partition coefficient (Wildman–Crippen LogP) is 5.89. The van der Waals surface area contributed by atoms with Crippen molar-refractivity contribution in [3.63, 3.8) is 0 Å². The monoisotopic (exact) mass is 377 g/mol. The number of nitrogens with zero attached hydrogens (tertiary/aromatic N) is 1. The van der Waals surface area contributed by atoms with Crippen LogP contribution in [0.5, 0.6) is 5.75 Å². The van der Waals surface area contributed by atoms with E-state index in [4.69, 9.17) is 4.74 Å². The molecule has 3 nitrogen and oxygen atoms in total. The Labute approximate surface area is 164 Å². The third-order valence-electron chi connectivity index (χ3n) is 4.25. The van der Waals surface area contributed by atoms with Gasteiger partial charge in [0.25, 0.3) is 0 Å². The molecule has 4 heteroatoms. The summed E-state index contributed by atoms with van der Waals surface area (Å²) in [6.07, 6.45) is 4.57. The second kappa shape index (κ2) is 8.87. The van der Waals surface area contributed by atoms with E-state index in [1.54, 1.807) is 18.7 Å². The van der Waals surface area contributed by atoms with Gasteiger partial charge < -0.3 is 4.74 Å². The molecule has 0 spiro atoms. The summed E-state index contributed by atoms with van der Waals surface area (Å²) in [5.74, 6) is 0.917. The number of pyridine rings is 1. The fraction of sp³-hybridized carbons (Fsp3) is 0.217. The molecule has 0 aliphatic rings. The molecule has 0 aliphatic heterocycles. The summed E-state index contributed by atoms with van der Waals surface area (Å²) in [6.45, 7) is 6.20. The van der Waals surface area contributed by atoms with Crippen molar-refractivity contribution >= 4 is 17.5 Å². The van der Waals surface area contributed by atoms with E-state index >= 15 is 0 Å². The molecular weight excluding hydrogens is 354 g/mol. The van der Waals surface area contributed by atoms with Crippen LogP contribution in [0.4, 0.5) is 0 Å². The molecule has 0 atom stereocenters. The number of benzene rings is 2. The zero-order valence-corrected chi connectivity index (χ0v) is 16.7. The minimum atomic E-state index is 0.0770. The number of aromatic nitrogens is 1. The zero-order chi connectivity index (χ0) is 19.2. The van der Waals surface area contributed by atoms with Crippen molar-refractivity contribution in [1.29, 1.82) is 0 Å². The first kappa shape index (κ1) is 19.2. The van der Waals surface area contributed by atoms with Crippen LogP contribution in [0.1, 0.15) is 40.9 Å². The van der Waals surface area contributed by atoms with Gasteiger partial charge >= 0.3 is 0 Å². The van der Waals surface area contributed by atoms with Crippen LogP contribution in [0.25, 0.3) is 0 Å². The van der Waals surface area contributed by atoms with E-state index in [9.17, 15) is 4.79 Å². The summed E-state index contributed by atoms with van der Waals surface area (Å²) in [6, 6.07) is 16.1. The lowest BCUT2D eigenvalue weighted by Crippen LogP contribution is -2.00. The van der Waals surface area contributed by atoms with E-state index in [-0.39, 0.29) is 5.78 Å². The molecule has 1 aromatic heterocycles. The first-order valence-electron chi connectivity index (χ1n) is 9.00. The summed E-state index contributed by atoms with van der Waals surface area (Å²) in [7, 11) is 0. The molecule has 0 aliphatic carbocycles. The Balaban J connectivity index is 1.64. The van der Waals surface area contributed by atoms with Crippen LogP contribution in [0.2, 0.25) is 0 Å². The first-order valence-corrected chi connectivity index (χ1v) is 9.82. The summed E-state index contributed by atoms with van der Waals surface area (Å²) < 4.78 is 5.99. The van der Waals surface area contributed by atoms with Crippen molar-refractivity contribution < 1.29 is 9.53 Å². The third kappa shape index (κ3) is 5.20. The van der Waals surface area contributed by atoms with Gasteiger partial charge in [0.1, 0.15) is 12.4 Å².